The second-order valence-electron chi connectivity index (χ2n) is 12.5. The van der Waals surface area contributed by atoms with Gasteiger partial charge in [0.05, 0.1) is 12.1 Å². The summed E-state index contributed by atoms with van der Waals surface area (Å²) in [5.74, 6) is 0.526. The van der Waals surface area contributed by atoms with Crippen molar-refractivity contribution in [1.29, 1.82) is 0 Å². The Morgan fingerprint density at radius 3 is 2.13 bits per heavy atom. The van der Waals surface area contributed by atoms with E-state index in [9.17, 15) is 0 Å². The summed E-state index contributed by atoms with van der Waals surface area (Å²) >= 11 is 0. The minimum absolute atomic E-state index is 0.191. The quantitative estimate of drug-likeness (QED) is 0.215. The molecule has 6 aromatic rings. The lowest BCUT2D eigenvalue weighted by Gasteiger charge is -2.34. The Labute approximate surface area is 271 Å². The van der Waals surface area contributed by atoms with E-state index in [0.717, 1.165) is 0 Å². The summed E-state index contributed by atoms with van der Waals surface area (Å²) in [6, 6.07) is 57.8. The van der Waals surface area contributed by atoms with Crippen LogP contribution in [0.15, 0.2) is 170 Å². The van der Waals surface area contributed by atoms with E-state index in [2.05, 4.69) is 186 Å². The summed E-state index contributed by atoms with van der Waals surface area (Å²) in [6.45, 7) is 0. The molecule has 0 spiro atoms. The van der Waals surface area contributed by atoms with Crippen molar-refractivity contribution in [3.63, 3.8) is 0 Å². The van der Waals surface area contributed by atoms with Crippen LogP contribution in [-0.4, -0.2) is 6.04 Å². The van der Waals surface area contributed by atoms with Crippen LogP contribution in [0.3, 0.4) is 0 Å². The standard InChI is InChI=1S/C44H34N2/c1-3-15-31(16-4-1)44-37(35-21-9-11-24-40(35)45-44)27-26-30-14-13-17-32(28-30)39-29-42-43(36-22-8-7-20-34(36)39)38-23-10-12-25-41(38)46(42)33-18-5-2-6-19-33/h1-29,37,42-45H/b27-26+. The third-order valence-electron chi connectivity index (χ3n) is 9.97. The molecule has 46 heavy (non-hydrogen) atoms. The van der Waals surface area contributed by atoms with Gasteiger partial charge in [0.2, 0.25) is 0 Å². The fourth-order valence-electron chi connectivity index (χ4n) is 7.96. The molecule has 2 heterocycles. The zero-order valence-electron chi connectivity index (χ0n) is 25.5. The first-order chi connectivity index (χ1) is 22.8. The van der Waals surface area contributed by atoms with E-state index < -0.39 is 0 Å². The summed E-state index contributed by atoms with van der Waals surface area (Å²) in [5.41, 5.74) is 14.3. The highest BCUT2D eigenvalue weighted by atomic mass is 15.2. The Kier molecular flexibility index (Phi) is 6.45. The van der Waals surface area contributed by atoms with Crippen LogP contribution in [0.5, 0.6) is 0 Å². The summed E-state index contributed by atoms with van der Waals surface area (Å²) in [4.78, 5) is 2.54. The SMILES string of the molecule is C1=C(c2cccc(/C=C/C3c4ccccc4NC3c3ccccc3)c2)c2ccccc2C2c3ccccc3N(c3ccccc3)C12. The molecule has 0 radical (unpaired) electrons. The van der Waals surface area contributed by atoms with Gasteiger partial charge in [0.1, 0.15) is 0 Å². The average Bonchev–Trinajstić information content (AvgIpc) is 3.67. The molecular formula is C44H34N2. The number of nitrogens with zero attached hydrogens (tertiary/aromatic N) is 1. The first-order valence-corrected chi connectivity index (χ1v) is 16.3. The monoisotopic (exact) mass is 590 g/mol. The number of rotatable bonds is 5. The molecule has 6 aromatic carbocycles. The lowest BCUT2D eigenvalue weighted by atomic mass is 9.76. The fourth-order valence-corrected chi connectivity index (χ4v) is 7.96. The van der Waals surface area contributed by atoms with Crippen molar-refractivity contribution in [2.45, 2.75) is 23.9 Å². The molecule has 1 N–H and O–H groups in total. The van der Waals surface area contributed by atoms with Crippen LogP contribution in [0.4, 0.5) is 17.1 Å². The van der Waals surface area contributed by atoms with Crippen molar-refractivity contribution in [3.8, 4) is 0 Å². The maximum absolute atomic E-state index is 3.79. The molecule has 3 aliphatic rings. The van der Waals surface area contributed by atoms with Gasteiger partial charge >= 0.3 is 0 Å². The molecule has 4 atom stereocenters. The number of anilines is 3. The number of nitrogens with one attached hydrogen (secondary N) is 1. The van der Waals surface area contributed by atoms with Crippen LogP contribution >= 0.6 is 0 Å². The molecule has 9 rings (SSSR count). The van der Waals surface area contributed by atoms with E-state index in [-0.39, 0.29) is 23.9 Å². The van der Waals surface area contributed by atoms with Crippen molar-refractivity contribution in [3.05, 3.63) is 209 Å². The summed E-state index contributed by atoms with van der Waals surface area (Å²) in [6.07, 6.45) is 7.22. The Balaban J connectivity index is 1.12. The van der Waals surface area contributed by atoms with Gasteiger partial charge in [-0.25, -0.2) is 0 Å². The molecule has 1 aliphatic carbocycles. The molecule has 0 amide bonds. The van der Waals surface area contributed by atoms with E-state index in [0.29, 0.717) is 0 Å². The van der Waals surface area contributed by atoms with Gasteiger partial charge in [-0.1, -0.05) is 146 Å². The number of para-hydroxylation sites is 3. The number of benzene rings is 6. The largest absolute Gasteiger partial charge is 0.377 e. The van der Waals surface area contributed by atoms with E-state index in [1.54, 1.807) is 0 Å². The Bertz CT molecular complexity index is 2090. The molecule has 4 unspecified atom stereocenters. The van der Waals surface area contributed by atoms with Gasteiger partial charge in [0.15, 0.2) is 0 Å². The molecule has 0 bridgehead atoms. The fraction of sp³-hybridized carbons (Fsp3) is 0.0909. The van der Waals surface area contributed by atoms with Crippen LogP contribution in [0.2, 0.25) is 0 Å². The molecule has 220 valence electrons. The minimum atomic E-state index is 0.191. The van der Waals surface area contributed by atoms with Gasteiger partial charge in [-0.05, 0) is 74.8 Å². The van der Waals surface area contributed by atoms with Gasteiger partial charge in [0.25, 0.3) is 0 Å². The Morgan fingerprint density at radius 1 is 0.587 bits per heavy atom. The molecule has 0 fully saturated rings. The van der Waals surface area contributed by atoms with E-state index >= 15 is 0 Å². The zero-order valence-corrected chi connectivity index (χ0v) is 25.5. The Morgan fingerprint density at radius 2 is 1.28 bits per heavy atom. The van der Waals surface area contributed by atoms with Gasteiger partial charge in [-0.15, -0.1) is 0 Å². The minimum Gasteiger partial charge on any atom is -0.377 e. The normalized spacial score (nSPS) is 20.8. The van der Waals surface area contributed by atoms with Crippen molar-refractivity contribution in [1.82, 2.24) is 0 Å². The second-order valence-corrected chi connectivity index (χ2v) is 12.5. The van der Waals surface area contributed by atoms with E-state index in [4.69, 9.17) is 0 Å². The first kappa shape index (κ1) is 26.8. The first-order valence-electron chi connectivity index (χ1n) is 16.3. The van der Waals surface area contributed by atoms with Crippen molar-refractivity contribution < 1.29 is 0 Å². The van der Waals surface area contributed by atoms with Gasteiger partial charge in [-0.2, -0.15) is 0 Å². The molecule has 2 nitrogen and oxygen atoms in total. The predicted octanol–water partition coefficient (Wildman–Crippen LogP) is 10.7. The summed E-state index contributed by atoms with van der Waals surface area (Å²) < 4.78 is 0. The highest BCUT2D eigenvalue weighted by molar-refractivity contribution is 5.89. The number of fused-ring (bicyclic) bond motifs is 6. The van der Waals surface area contributed by atoms with Gasteiger partial charge in [-0.3, -0.25) is 0 Å². The van der Waals surface area contributed by atoms with E-state index in [1.165, 1.54) is 61.6 Å². The maximum Gasteiger partial charge on any atom is 0.0641 e. The Hall–Kier alpha value is -5.60. The van der Waals surface area contributed by atoms with Gasteiger partial charge in [0, 0.05) is 28.9 Å². The second kappa shape index (κ2) is 11.1. The van der Waals surface area contributed by atoms with Crippen LogP contribution in [-0.2, 0) is 0 Å². The number of hydrogen-bond donors (Lipinski definition) is 1. The predicted molar refractivity (Wildman–Crippen MR) is 192 cm³/mol. The van der Waals surface area contributed by atoms with Crippen LogP contribution < -0.4 is 10.2 Å². The van der Waals surface area contributed by atoms with Gasteiger partial charge < -0.3 is 10.2 Å². The zero-order chi connectivity index (χ0) is 30.5. The molecule has 2 heteroatoms. The maximum atomic E-state index is 3.79. The van der Waals surface area contributed by atoms with Crippen LogP contribution in [0, 0.1) is 0 Å². The van der Waals surface area contributed by atoms with Crippen molar-refractivity contribution in [2.75, 3.05) is 10.2 Å². The highest BCUT2D eigenvalue weighted by Crippen LogP contribution is 2.53. The molecule has 0 aromatic heterocycles. The third-order valence-corrected chi connectivity index (χ3v) is 9.97. The smallest absolute Gasteiger partial charge is 0.0641 e. The highest BCUT2D eigenvalue weighted by Gasteiger charge is 2.42. The van der Waals surface area contributed by atoms with Crippen LogP contribution in [0.25, 0.3) is 11.6 Å². The van der Waals surface area contributed by atoms with Crippen molar-refractivity contribution >= 4 is 28.7 Å². The molecular weight excluding hydrogens is 556 g/mol. The van der Waals surface area contributed by atoms with Crippen LogP contribution in [0.1, 0.15) is 56.8 Å². The lowest BCUT2D eigenvalue weighted by Crippen LogP contribution is -2.31. The summed E-state index contributed by atoms with van der Waals surface area (Å²) in [5, 5.41) is 3.79. The molecule has 0 saturated heterocycles. The number of hydrogen-bond acceptors (Lipinski definition) is 2. The molecule has 0 saturated carbocycles. The third kappa shape index (κ3) is 4.41. The van der Waals surface area contributed by atoms with Crippen molar-refractivity contribution in [2.24, 2.45) is 0 Å². The topological polar surface area (TPSA) is 15.3 Å². The average molecular weight is 591 g/mol. The molecule has 2 aliphatic heterocycles. The summed E-state index contributed by atoms with van der Waals surface area (Å²) in [7, 11) is 0. The van der Waals surface area contributed by atoms with E-state index in [1.807, 2.05) is 0 Å². The lowest BCUT2D eigenvalue weighted by molar-refractivity contribution is 0.721.